The van der Waals surface area contributed by atoms with E-state index in [1.54, 1.807) is 12.1 Å². The average molecular weight is 379 g/mol. The van der Waals surface area contributed by atoms with E-state index in [0.717, 1.165) is 27.8 Å². The highest BCUT2D eigenvalue weighted by Gasteiger charge is 2.45. The van der Waals surface area contributed by atoms with Gasteiger partial charge in [0.2, 0.25) is 0 Å². The number of carboxylic acids is 1. The topological polar surface area (TPSA) is 63.3 Å². The Morgan fingerprint density at radius 1 is 0.963 bits per heavy atom. The van der Waals surface area contributed by atoms with E-state index in [-0.39, 0.29) is 11.6 Å². The van der Waals surface area contributed by atoms with Gasteiger partial charge in [-0.2, -0.15) is 0 Å². The van der Waals surface area contributed by atoms with Crippen molar-refractivity contribution in [3.8, 4) is 11.1 Å². The maximum absolute atomic E-state index is 13.6. The molecule has 0 spiro atoms. The second-order valence-electron chi connectivity index (χ2n) is 6.53. The molecule has 0 radical (unpaired) electrons. The van der Waals surface area contributed by atoms with Gasteiger partial charge in [-0.25, -0.2) is 4.39 Å². The van der Waals surface area contributed by atoms with E-state index < -0.39 is 16.8 Å². The smallest absolute Gasteiger partial charge is 0.321 e. The van der Waals surface area contributed by atoms with Crippen LogP contribution < -0.4 is 5.73 Å². The van der Waals surface area contributed by atoms with E-state index in [4.69, 9.17) is 5.73 Å². The van der Waals surface area contributed by atoms with Gasteiger partial charge in [-0.1, -0.05) is 60.7 Å². The first-order chi connectivity index (χ1) is 13.0. The summed E-state index contributed by atoms with van der Waals surface area (Å²) in [5.74, 6) is -1.10. The van der Waals surface area contributed by atoms with Gasteiger partial charge >= 0.3 is 5.97 Å². The fraction of sp³-hybridized carbons (Fsp3) is 0.136. The first-order valence-corrected chi connectivity index (χ1v) is 9.60. The van der Waals surface area contributed by atoms with Crippen LogP contribution in [0.15, 0.2) is 72.8 Å². The number of benzene rings is 3. The molecule has 0 bridgehead atoms. The molecule has 3 nitrogen and oxygen atoms in total. The summed E-state index contributed by atoms with van der Waals surface area (Å²) in [5, 5.41) is 9.25. The van der Waals surface area contributed by atoms with E-state index in [1.807, 2.05) is 24.3 Å². The summed E-state index contributed by atoms with van der Waals surface area (Å²) in [7, 11) is 0. The number of hydrogen-bond donors (Lipinski definition) is 2. The highest BCUT2D eigenvalue weighted by atomic mass is 32.2. The molecule has 5 heteroatoms. The van der Waals surface area contributed by atoms with Crippen molar-refractivity contribution in [3.05, 3.63) is 95.3 Å². The molecule has 3 N–H and O–H groups in total. The third kappa shape index (κ3) is 2.83. The lowest BCUT2D eigenvalue weighted by Gasteiger charge is -2.33. The second kappa shape index (κ2) is 6.83. The Morgan fingerprint density at radius 2 is 1.48 bits per heavy atom. The quantitative estimate of drug-likeness (QED) is 0.696. The molecular formula is C22H18FNO2S. The molecule has 0 unspecified atom stereocenters. The van der Waals surface area contributed by atoms with Gasteiger partial charge in [0.1, 0.15) is 11.9 Å². The highest BCUT2D eigenvalue weighted by molar-refractivity contribution is 8.00. The van der Waals surface area contributed by atoms with Crippen LogP contribution in [0, 0.1) is 5.82 Å². The van der Waals surface area contributed by atoms with Crippen LogP contribution in [-0.4, -0.2) is 22.9 Å². The van der Waals surface area contributed by atoms with Crippen LogP contribution in [0.25, 0.3) is 11.1 Å². The Hall–Kier alpha value is -2.63. The van der Waals surface area contributed by atoms with E-state index in [1.165, 1.54) is 23.9 Å². The molecule has 4 rings (SSSR count). The Balaban J connectivity index is 1.95. The number of carbonyl (C=O) groups is 1. The number of aliphatic carboxylic acids is 1. The van der Waals surface area contributed by atoms with Crippen molar-refractivity contribution in [2.45, 2.75) is 10.8 Å². The van der Waals surface area contributed by atoms with Gasteiger partial charge in [-0.05, 0) is 39.9 Å². The van der Waals surface area contributed by atoms with Gasteiger partial charge in [-0.15, -0.1) is 11.8 Å². The summed E-state index contributed by atoms with van der Waals surface area (Å²) in [6, 6.07) is 21.6. The van der Waals surface area contributed by atoms with Crippen molar-refractivity contribution < 1.29 is 14.3 Å². The molecule has 1 aliphatic carbocycles. The summed E-state index contributed by atoms with van der Waals surface area (Å²) >= 11 is 1.48. The van der Waals surface area contributed by atoms with Crippen molar-refractivity contribution >= 4 is 17.7 Å². The number of nitrogens with two attached hydrogens (primary N) is 1. The van der Waals surface area contributed by atoms with Gasteiger partial charge in [0.15, 0.2) is 0 Å². The zero-order valence-electron chi connectivity index (χ0n) is 14.4. The Bertz CT molecular complexity index is 958. The third-order valence-corrected chi connectivity index (χ3v) is 6.58. The van der Waals surface area contributed by atoms with Crippen LogP contribution in [0.1, 0.15) is 16.7 Å². The van der Waals surface area contributed by atoms with Crippen LogP contribution in [0.2, 0.25) is 0 Å². The lowest BCUT2D eigenvalue weighted by atomic mass is 9.88. The number of fused-ring (bicyclic) bond motifs is 3. The van der Waals surface area contributed by atoms with E-state index in [2.05, 4.69) is 24.3 Å². The monoisotopic (exact) mass is 379 g/mol. The predicted octanol–water partition coefficient (Wildman–Crippen LogP) is 4.24. The summed E-state index contributed by atoms with van der Waals surface area (Å²) in [4.78, 5) is 11.3. The van der Waals surface area contributed by atoms with Crippen LogP contribution in [0.3, 0.4) is 0 Å². The van der Waals surface area contributed by atoms with Gasteiger partial charge in [0.05, 0.1) is 4.75 Å². The molecule has 0 heterocycles. The van der Waals surface area contributed by atoms with Crippen LogP contribution in [0.5, 0.6) is 0 Å². The third-order valence-electron chi connectivity index (χ3n) is 4.95. The number of halogens is 1. The Kier molecular flexibility index (Phi) is 4.50. The van der Waals surface area contributed by atoms with E-state index in [0.29, 0.717) is 0 Å². The SMILES string of the molecule is N[C@H](CSC1(c2ccc(F)cc2)c2ccccc2-c2ccccc21)C(=O)O. The average Bonchev–Trinajstić information content (AvgIpc) is 2.98. The highest BCUT2D eigenvalue weighted by Crippen LogP contribution is 2.58. The van der Waals surface area contributed by atoms with Crippen LogP contribution >= 0.6 is 11.8 Å². The molecule has 1 atom stereocenters. The second-order valence-corrected chi connectivity index (χ2v) is 7.77. The summed E-state index contributed by atoms with van der Waals surface area (Å²) in [6.07, 6.45) is 0. The van der Waals surface area contributed by atoms with Gasteiger partial charge < -0.3 is 10.8 Å². The van der Waals surface area contributed by atoms with Gasteiger partial charge in [0, 0.05) is 5.75 Å². The minimum atomic E-state index is -1.03. The molecule has 0 amide bonds. The summed E-state index contributed by atoms with van der Waals surface area (Å²) in [6.45, 7) is 0. The number of hydrogen-bond acceptors (Lipinski definition) is 3. The zero-order valence-corrected chi connectivity index (χ0v) is 15.2. The number of thioether (sulfide) groups is 1. The number of carboxylic acid groups (broad SMARTS) is 1. The molecule has 136 valence electrons. The molecule has 3 aromatic rings. The fourth-order valence-corrected chi connectivity index (χ4v) is 5.26. The van der Waals surface area contributed by atoms with Crippen molar-refractivity contribution in [2.24, 2.45) is 5.73 Å². The maximum atomic E-state index is 13.6. The van der Waals surface area contributed by atoms with Crippen molar-refractivity contribution in [3.63, 3.8) is 0 Å². The van der Waals surface area contributed by atoms with Crippen molar-refractivity contribution in [2.75, 3.05) is 5.75 Å². The number of rotatable bonds is 5. The predicted molar refractivity (Wildman–Crippen MR) is 106 cm³/mol. The van der Waals surface area contributed by atoms with Crippen molar-refractivity contribution in [1.82, 2.24) is 0 Å². The molecule has 3 aromatic carbocycles. The Labute approximate surface area is 161 Å². The van der Waals surface area contributed by atoms with E-state index in [9.17, 15) is 14.3 Å². The molecule has 0 saturated heterocycles. The standard InChI is InChI=1S/C22H18FNO2S/c23-15-11-9-14(10-12-15)22(27-13-20(24)21(25)26)18-7-3-1-5-16(18)17-6-2-4-8-19(17)22/h1-12,20H,13,24H2,(H,25,26)/t20-/m1/s1. The van der Waals surface area contributed by atoms with Gasteiger partial charge in [0.25, 0.3) is 0 Å². The lowest BCUT2D eigenvalue weighted by molar-refractivity contribution is -0.137. The minimum Gasteiger partial charge on any atom is -0.480 e. The van der Waals surface area contributed by atoms with Crippen molar-refractivity contribution in [1.29, 1.82) is 0 Å². The maximum Gasteiger partial charge on any atom is 0.321 e. The largest absolute Gasteiger partial charge is 0.480 e. The van der Waals surface area contributed by atoms with Crippen LogP contribution in [-0.2, 0) is 9.54 Å². The fourth-order valence-electron chi connectivity index (χ4n) is 3.72. The van der Waals surface area contributed by atoms with Crippen LogP contribution in [0.4, 0.5) is 4.39 Å². The molecule has 0 fully saturated rings. The zero-order chi connectivity index (χ0) is 19.0. The molecule has 27 heavy (non-hydrogen) atoms. The first kappa shape index (κ1) is 17.8. The molecule has 1 aliphatic rings. The lowest BCUT2D eigenvalue weighted by Crippen LogP contribution is -2.35. The Morgan fingerprint density at radius 3 is 2.00 bits per heavy atom. The summed E-state index contributed by atoms with van der Waals surface area (Å²) in [5.41, 5.74) is 11.1. The minimum absolute atomic E-state index is 0.232. The molecular weight excluding hydrogens is 361 g/mol. The van der Waals surface area contributed by atoms with Gasteiger partial charge in [-0.3, -0.25) is 4.79 Å². The normalized spacial score (nSPS) is 15.0. The molecule has 0 aromatic heterocycles. The molecule has 0 saturated carbocycles. The first-order valence-electron chi connectivity index (χ1n) is 8.62. The molecule has 0 aliphatic heterocycles. The summed E-state index contributed by atoms with van der Waals surface area (Å²) < 4.78 is 13.0. The van der Waals surface area contributed by atoms with E-state index >= 15 is 0 Å².